The van der Waals surface area contributed by atoms with Crippen molar-refractivity contribution in [3.8, 4) is 0 Å². The lowest BCUT2D eigenvalue weighted by Crippen LogP contribution is -2.52. The average molecular weight is 234 g/mol. The van der Waals surface area contributed by atoms with Gasteiger partial charge in [0, 0.05) is 12.6 Å². The van der Waals surface area contributed by atoms with Gasteiger partial charge in [0.25, 0.3) is 0 Å². The van der Waals surface area contributed by atoms with Gasteiger partial charge >= 0.3 is 0 Å². The summed E-state index contributed by atoms with van der Waals surface area (Å²) in [6.45, 7) is 6.46. The van der Waals surface area contributed by atoms with Crippen LogP contribution in [0.25, 0.3) is 0 Å². The first-order valence-electron chi connectivity index (χ1n) is 5.85. The molecule has 1 rings (SSSR count). The second-order valence-electron chi connectivity index (χ2n) is 4.64. The van der Waals surface area contributed by atoms with E-state index in [1.165, 1.54) is 0 Å². The van der Waals surface area contributed by atoms with E-state index < -0.39 is 0 Å². The molecule has 94 valence electrons. The Hall–Kier alpha value is -1.55. The van der Waals surface area contributed by atoms with Gasteiger partial charge in [0.15, 0.2) is 0 Å². The summed E-state index contributed by atoms with van der Waals surface area (Å²) in [7, 11) is 1.99. The summed E-state index contributed by atoms with van der Waals surface area (Å²) in [5.74, 6) is 6.22. The zero-order valence-electron chi connectivity index (χ0n) is 11.1. The third-order valence-corrected chi connectivity index (χ3v) is 3.21. The minimum absolute atomic E-state index is 0.0139. The Bertz CT molecular complexity index is 370. The number of hydrazine groups is 1. The van der Waals surface area contributed by atoms with Gasteiger partial charge in [0.1, 0.15) is 0 Å². The van der Waals surface area contributed by atoms with Crippen molar-refractivity contribution in [3.63, 3.8) is 0 Å². The second-order valence-corrected chi connectivity index (χ2v) is 4.64. The van der Waals surface area contributed by atoms with E-state index in [2.05, 4.69) is 36.1 Å². The molecule has 0 aliphatic rings. The second kappa shape index (κ2) is 5.68. The van der Waals surface area contributed by atoms with Gasteiger partial charge in [-0.25, -0.2) is 10.8 Å². The molecule has 0 saturated heterocycles. The van der Waals surface area contributed by atoms with E-state index in [4.69, 9.17) is 5.84 Å². The Morgan fingerprint density at radius 2 is 1.94 bits per heavy atom. The highest BCUT2D eigenvalue weighted by Gasteiger charge is 2.23. The van der Waals surface area contributed by atoms with Crippen molar-refractivity contribution < 1.29 is 0 Å². The van der Waals surface area contributed by atoms with Gasteiger partial charge in [-0.1, -0.05) is 25.1 Å². The molecule has 1 aromatic rings. The first kappa shape index (κ1) is 13.5. The molecular weight excluding hydrogens is 212 g/mol. The van der Waals surface area contributed by atoms with Crippen LogP contribution in [-0.2, 0) is 0 Å². The minimum atomic E-state index is 0.0139. The summed E-state index contributed by atoms with van der Waals surface area (Å²) >= 11 is 0. The molecule has 0 amide bonds. The van der Waals surface area contributed by atoms with Crippen LogP contribution < -0.4 is 11.3 Å². The lowest BCUT2D eigenvalue weighted by molar-refractivity contribution is 0.239. The van der Waals surface area contributed by atoms with Crippen LogP contribution in [0.1, 0.15) is 27.2 Å². The first-order chi connectivity index (χ1) is 8.01. The van der Waals surface area contributed by atoms with Crippen LogP contribution in [0.5, 0.6) is 0 Å². The molecule has 4 nitrogen and oxygen atoms in total. The van der Waals surface area contributed by atoms with Gasteiger partial charge in [0.2, 0.25) is 5.96 Å². The molecule has 0 fully saturated rings. The van der Waals surface area contributed by atoms with E-state index in [-0.39, 0.29) is 5.54 Å². The number of rotatable bonds is 3. The molecule has 4 heteroatoms. The number of aliphatic imine (C=N–C) groups is 1. The monoisotopic (exact) mass is 234 g/mol. The Balaban J connectivity index is 2.96. The standard InChI is InChI=1S/C13H22N4/c1-5-13(2,3)17(4)12(16-14)15-11-9-7-6-8-10-11/h6-10H,5,14H2,1-4H3,(H,15,16). The van der Waals surface area contributed by atoms with Gasteiger partial charge in [-0.15, -0.1) is 0 Å². The Kier molecular flexibility index (Phi) is 4.52. The SMILES string of the molecule is CCC(C)(C)N(C)C(=Nc1ccccc1)NN. The normalized spacial score (nSPS) is 12.4. The van der Waals surface area contributed by atoms with Gasteiger partial charge < -0.3 is 4.90 Å². The number of nitrogens with two attached hydrogens (primary N) is 1. The van der Waals surface area contributed by atoms with E-state index in [0.29, 0.717) is 5.96 Å². The van der Waals surface area contributed by atoms with Gasteiger partial charge in [-0.2, -0.15) is 0 Å². The predicted molar refractivity (Wildman–Crippen MR) is 73.0 cm³/mol. The molecule has 0 aliphatic heterocycles. The van der Waals surface area contributed by atoms with Gasteiger partial charge in [-0.05, 0) is 32.4 Å². The molecule has 0 aromatic heterocycles. The van der Waals surface area contributed by atoms with Crippen LogP contribution in [-0.4, -0.2) is 23.4 Å². The highest BCUT2D eigenvalue weighted by Crippen LogP contribution is 2.18. The maximum atomic E-state index is 5.55. The van der Waals surface area contributed by atoms with E-state index in [1.54, 1.807) is 0 Å². The van der Waals surface area contributed by atoms with E-state index in [0.717, 1.165) is 12.1 Å². The van der Waals surface area contributed by atoms with Crippen molar-refractivity contribution in [2.75, 3.05) is 7.05 Å². The quantitative estimate of drug-likeness (QED) is 0.365. The fourth-order valence-electron chi connectivity index (χ4n) is 1.35. The summed E-state index contributed by atoms with van der Waals surface area (Å²) in [6.07, 6.45) is 1.01. The number of nitrogens with one attached hydrogen (secondary N) is 1. The van der Waals surface area contributed by atoms with Crippen LogP contribution in [0.15, 0.2) is 35.3 Å². The maximum Gasteiger partial charge on any atom is 0.213 e. The third kappa shape index (κ3) is 3.46. The van der Waals surface area contributed by atoms with Crippen molar-refractivity contribution >= 4 is 11.6 Å². The highest BCUT2D eigenvalue weighted by molar-refractivity contribution is 5.82. The molecule has 17 heavy (non-hydrogen) atoms. The lowest BCUT2D eigenvalue weighted by Gasteiger charge is -2.36. The summed E-state index contributed by atoms with van der Waals surface area (Å²) in [4.78, 5) is 6.55. The maximum absolute atomic E-state index is 5.55. The van der Waals surface area contributed by atoms with Crippen LogP contribution in [0.4, 0.5) is 5.69 Å². The van der Waals surface area contributed by atoms with E-state index in [9.17, 15) is 0 Å². The highest BCUT2D eigenvalue weighted by atomic mass is 15.4. The van der Waals surface area contributed by atoms with Crippen molar-refractivity contribution in [1.29, 1.82) is 0 Å². The average Bonchev–Trinajstić information content (AvgIpc) is 2.36. The minimum Gasteiger partial charge on any atom is -0.340 e. The number of benzene rings is 1. The van der Waals surface area contributed by atoms with E-state index >= 15 is 0 Å². The zero-order valence-corrected chi connectivity index (χ0v) is 11.1. The smallest absolute Gasteiger partial charge is 0.213 e. The number of guanidine groups is 1. The molecule has 0 spiro atoms. The number of hydrogen-bond donors (Lipinski definition) is 2. The number of nitrogens with zero attached hydrogens (tertiary/aromatic N) is 2. The Morgan fingerprint density at radius 1 is 1.35 bits per heavy atom. The van der Waals surface area contributed by atoms with Crippen molar-refractivity contribution in [2.45, 2.75) is 32.7 Å². The molecule has 0 aliphatic carbocycles. The van der Waals surface area contributed by atoms with Crippen LogP contribution in [0, 0.1) is 0 Å². The molecule has 0 atom stereocenters. The Labute approximate surface area is 104 Å². The fourth-order valence-corrected chi connectivity index (χ4v) is 1.35. The largest absolute Gasteiger partial charge is 0.340 e. The summed E-state index contributed by atoms with van der Waals surface area (Å²) in [6, 6.07) is 9.78. The molecule has 0 heterocycles. The zero-order chi connectivity index (χ0) is 12.9. The van der Waals surface area contributed by atoms with Gasteiger partial charge in [-0.3, -0.25) is 5.43 Å². The van der Waals surface area contributed by atoms with Crippen LogP contribution in [0.2, 0.25) is 0 Å². The first-order valence-corrected chi connectivity index (χ1v) is 5.85. The van der Waals surface area contributed by atoms with E-state index in [1.807, 2.05) is 37.4 Å². The van der Waals surface area contributed by atoms with Crippen LogP contribution >= 0.6 is 0 Å². The summed E-state index contributed by atoms with van der Waals surface area (Å²) in [5.41, 5.74) is 3.57. The fraction of sp³-hybridized carbons (Fsp3) is 0.462. The van der Waals surface area contributed by atoms with Gasteiger partial charge in [0.05, 0.1) is 5.69 Å². The third-order valence-electron chi connectivity index (χ3n) is 3.21. The molecule has 3 N–H and O–H groups in total. The van der Waals surface area contributed by atoms with Crippen molar-refractivity contribution in [1.82, 2.24) is 10.3 Å². The molecule has 0 saturated carbocycles. The Morgan fingerprint density at radius 3 is 2.41 bits per heavy atom. The topological polar surface area (TPSA) is 53.6 Å². The van der Waals surface area contributed by atoms with Crippen molar-refractivity contribution in [2.24, 2.45) is 10.8 Å². The molecular formula is C13H22N4. The molecule has 0 bridgehead atoms. The predicted octanol–water partition coefficient (Wildman–Crippen LogP) is 2.26. The van der Waals surface area contributed by atoms with Crippen molar-refractivity contribution in [3.05, 3.63) is 30.3 Å². The molecule has 0 radical (unpaired) electrons. The lowest BCUT2D eigenvalue weighted by atomic mass is 10.0. The summed E-state index contributed by atoms with van der Waals surface area (Å²) in [5, 5.41) is 0. The molecule has 1 aromatic carbocycles. The number of para-hydroxylation sites is 1. The van der Waals surface area contributed by atoms with Crippen LogP contribution in [0.3, 0.4) is 0 Å². The number of hydrogen-bond acceptors (Lipinski definition) is 2. The summed E-state index contributed by atoms with van der Waals surface area (Å²) < 4.78 is 0. The molecule has 0 unspecified atom stereocenters.